The Balaban J connectivity index is 1.83. The van der Waals surface area contributed by atoms with Crippen LogP contribution in [0.15, 0.2) is 4.52 Å². The van der Waals surface area contributed by atoms with Gasteiger partial charge in [-0.2, -0.15) is 4.98 Å². The van der Waals surface area contributed by atoms with Crippen molar-refractivity contribution in [3.8, 4) is 0 Å². The molecule has 2 rings (SSSR count). The van der Waals surface area contributed by atoms with E-state index in [2.05, 4.69) is 20.8 Å². The fraction of sp³-hybridized carbons (Fsp3) is 0.824. The Morgan fingerprint density at radius 2 is 2.04 bits per heavy atom. The number of carbonyl (C=O) groups is 1. The molecule has 7 heteroatoms. The molecular formula is C17H30N4O3. The first-order valence-electron chi connectivity index (χ1n) is 8.88. The zero-order chi connectivity index (χ0) is 17.6. The SMILES string of the molecule is CC(C)(C)c1nc(CNC(=O)NC(CCO)C2CCCCC2)no1. The first kappa shape index (κ1) is 18.7. The van der Waals surface area contributed by atoms with Gasteiger partial charge < -0.3 is 20.3 Å². The van der Waals surface area contributed by atoms with E-state index in [4.69, 9.17) is 4.52 Å². The third-order valence-electron chi connectivity index (χ3n) is 4.49. The lowest BCUT2D eigenvalue weighted by molar-refractivity contribution is 0.196. The number of amides is 2. The van der Waals surface area contributed by atoms with Crippen molar-refractivity contribution in [1.82, 2.24) is 20.8 Å². The molecule has 3 N–H and O–H groups in total. The fourth-order valence-electron chi connectivity index (χ4n) is 3.11. The maximum atomic E-state index is 12.2. The number of aliphatic hydroxyl groups is 1. The van der Waals surface area contributed by atoms with Gasteiger partial charge in [-0.15, -0.1) is 0 Å². The van der Waals surface area contributed by atoms with Gasteiger partial charge in [0.25, 0.3) is 0 Å². The van der Waals surface area contributed by atoms with E-state index in [1.165, 1.54) is 19.3 Å². The zero-order valence-electron chi connectivity index (χ0n) is 15.0. The molecule has 1 unspecified atom stereocenters. The molecule has 0 aliphatic heterocycles. The first-order chi connectivity index (χ1) is 11.4. The van der Waals surface area contributed by atoms with Gasteiger partial charge in [-0.3, -0.25) is 0 Å². The molecule has 1 aliphatic carbocycles. The number of aromatic nitrogens is 2. The van der Waals surface area contributed by atoms with Gasteiger partial charge >= 0.3 is 6.03 Å². The van der Waals surface area contributed by atoms with Gasteiger partial charge in [0, 0.05) is 18.1 Å². The van der Waals surface area contributed by atoms with Crippen LogP contribution >= 0.6 is 0 Å². The molecule has 2 amide bonds. The third-order valence-corrected chi connectivity index (χ3v) is 4.49. The summed E-state index contributed by atoms with van der Waals surface area (Å²) in [6.07, 6.45) is 6.50. The number of urea groups is 1. The van der Waals surface area contributed by atoms with Crippen molar-refractivity contribution in [2.24, 2.45) is 5.92 Å². The Morgan fingerprint density at radius 3 is 2.62 bits per heavy atom. The van der Waals surface area contributed by atoms with Crippen molar-refractivity contribution in [2.45, 2.75) is 77.3 Å². The molecule has 1 fully saturated rings. The highest BCUT2D eigenvalue weighted by atomic mass is 16.5. The second-order valence-corrected chi connectivity index (χ2v) is 7.61. The molecule has 1 heterocycles. The van der Waals surface area contributed by atoms with Crippen LogP contribution in [-0.2, 0) is 12.0 Å². The van der Waals surface area contributed by atoms with Crippen molar-refractivity contribution >= 4 is 6.03 Å². The molecule has 7 nitrogen and oxygen atoms in total. The van der Waals surface area contributed by atoms with Crippen LogP contribution in [0.3, 0.4) is 0 Å². The maximum absolute atomic E-state index is 12.2. The molecule has 0 saturated heterocycles. The molecule has 1 aliphatic rings. The summed E-state index contributed by atoms with van der Waals surface area (Å²) in [7, 11) is 0. The second kappa shape index (κ2) is 8.46. The Hall–Kier alpha value is -1.63. The van der Waals surface area contributed by atoms with Crippen molar-refractivity contribution in [2.75, 3.05) is 6.61 Å². The standard InChI is InChI=1S/C17H30N4O3/c1-17(2,3)15-20-14(21-24-15)11-18-16(23)19-13(9-10-22)12-7-5-4-6-8-12/h12-13,22H,4-11H2,1-3H3,(H2,18,19,23). The molecule has 24 heavy (non-hydrogen) atoms. The summed E-state index contributed by atoms with van der Waals surface area (Å²) in [5, 5.41) is 18.9. The van der Waals surface area contributed by atoms with E-state index < -0.39 is 0 Å². The average Bonchev–Trinajstić information content (AvgIpc) is 3.03. The zero-order valence-corrected chi connectivity index (χ0v) is 15.0. The molecule has 1 saturated carbocycles. The monoisotopic (exact) mass is 338 g/mol. The van der Waals surface area contributed by atoms with Crippen LogP contribution in [0, 0.1) is 5.92 Å². The van der Waals surface area contributed by atoms with E-state index in [1.54, 1.807) is 0 Å². The Morgan fingerprint density at radius 1 is 1.33 bits per heavy atom. The van der Waals surface area contributed by atoms with Crippen LogP contribution in [0.4, 0.5) is 4.79 Å². The Bertz CT molecular complexity index is 518. The molecule has 136 valence electrons. The van der Waals surface area contributed by atoms with Crippen LogP contribution in [0.25, 0.3) is 0 Å². The highest BCUT2D eigenvalue weighted by Crippen LogP contribution is 2.27. The lowest BCUT2D eigenvalue weighted by atomic mass is 9.83. The van der Waals surface area contributed by atoms with Crippen molar-refractivity contribution in [3.05, 3.63) is 11.7 Å². The van der Waals surface area contributed by atoms with E-state index in [0.717, 1.165) is 12.8 Å². The highest BCUT2D eigenvalue weighted by molar-refractivity contribution is 5.74. The lowest BCUT2D eigenvalue weighted by Gasteiger charge is -2.30. The summed E-state index contributed by atoms with van der Waals surface area (Å²) < 4.78 is 5.21. The number of aliphatic hydroxyl groups excluding tert-OH is 1. The predicted molar refractivity (Wildman–Crippen MR) is 90.4 cm³/mol. The number of nitrogens with one attached hydrogen (secondary N) is 2. The number of rotatable bonds is 6. The predicted octanol–water partition coefficient (Wildman–Crippen LogP) is 2.50. The number of nitrogens with zero attached hydrogens (tertiary/aromatic N) is 2. The molecule has 0 bridgehead atoms. The van der Waals surface area contributed by atoms with Crippen LogP contribution < -0.4 is 10.6 Å². The van der Waals surface area contributed by atoms with E-state index in [9.17, 15) is 9.90 Å². The number of hydrogen-bond donors (Lipinski definition) is 3. The topological polar surface area (TPSA) is 100 Å². The van der Waals surface area contributed by atoms with Crippen LogP contribution in [-0.4, -0.2) is 33.9 Å². The van der Waals surface area contributed by atoms with Gasteiger partial charge in [0.15, 0.2) is 5.82 Å². The summed E-state index contributed by atoms with van der Waals surface area (Å²) in [5.74, 6) is 1.47. The van der Waals surface area contributed by atoms with E-state index >= 15 is 0 Å². The van der Waals surface area contributed by atoms with Crippen molar-refractivity contribution in [3.63, 3.8) is 0 Å². The normalized spacial score (nSPS) is 17.5. The molecule has 0 aromatic carbocycles. The number of carbonyl (C=O) groups excluding carboxylic acids is 1. The van der Waals surface area contributed by atoms with Gasteiger partial charge in [-0.1, -0.05) is 45.2 Å². The minimum absolute atomic E-state index is 0.0192. The van der Waals surface area contributed by atoms with E-state index in [1.807, 2.05) is 20.8 Å². The molecule has 1 atom stereocenters. The maximum Gasteiger partial charge on any atom is 0.315 e. The number of hydrogen-bond acceptors (Lipinski definition) is 5. The van der Waals surface area contributed by atoms with Gasteiger partial charge in [-0.05, 0) is 25.2 Å². The molecule has 0 spiro atoms. The molecule has 0 radical (unpaired) electrons. The minimum atomic E-state index is -0.249. The van der Waals surface area contributed by atoms with Crippen LogP contribution in [0.5, 0.6) is 0 Å². The second-order valence-electron chi connectivity index (χ2n) is 7.61. The summed E-state index contributed by atoms with van der Waals surface area (Å²) in [5.41, 5.74) is -0.208. The smallest absolute Gasteiger partial charge is 0.315 e. The third kappa shape index (κ3) is 5.47. The summed E-state index contributed by atoms with van der Waals surface area (Å²) in [6, 6.07) is -0.230. The van der Waals surface area contributed by atoms with Crippen LogP contribution in [0.2, 0.25) is 0 Å². The van der Waals surface area contributed by atoms with Crippen molar-refractivity contribution < 1.29 is 14.4 Å². The van der Waals surface area contributed by atoms with Crippen molar-refractivity contribution in [1.29, 1.82) is 0 Å². The molecule has 1 aromatic rings. The summed E-state index contributed by atoms with van der Waals surface area (Å²) in [4.78, 5) is 16.5. The minimum Gasteiger partial charge on any atom is -0.396 e. The van der Waals surface area contributed by atoms with Gasteiger partial charge in [-0.25, -0.2) is 4.79 Å². The highest BCUT2D eigenvalue weighted by Gasteiger charge is 2.25. The van der Waals surface area contributed by atoms with Gasteiger partial charge in [0.05, 0.1) is 6.54 Å². The lowest BCUT2D eigenvalue weighted by Crippen LogP contribution is -2.46. The van der Waals surface area contributed by atoms with Gasteiger partial charge in [0.1, 0.15) is 0 Å². The molecular weight excluding hydrogens is 308 g/mol. The Labute approximate surface area is 143 Å². The summed E-state index contributed by atoms with van der Waals surface area (Å²) >= 11 is 0. The average molecular weight is 338 g/mol. The Kier molecular flexibility index (Phi) is 6.60. The van der Waals surface area contributed by atoms with E-state index in [-0.39, 0.29) is 30.6 Å². The van der Waals surface area contributed by atoms with E-state index in [0.29, 0.717) is 24.1 Å². The van der Waals surface area contributed by atoms with Gasteiger partial charge in [0.2, 0.25) is 5.89 Å². The molecule has 1 aromatic heterocycles. The fourth-order valence-corrected chi connectivity index (χ4v) is 3.11. The summed E-state index contributed by atoms with van der Waals surface area (Å²) in [6.45, 7) is 6.29. The van der Waals surface area contributed by atoms with Crippen LogP contribution in [0.1, 0.15) is 71.0 Å². The first-order valence-corrected chi connectivity index (χ1v) is 8.88. The largest absolute Gasteiger partial charge is 0.396 e. The quantitative estimate of drug-likeness (QED) is 0.740.